The molecule has 6 heteroatoms. The number of amides is 1. The van der Waals surface area contributed by atoms with E-state index in [0.29, 0.717) is 19.4 Å². The van der Waals surface area contributed by atoms with E-state index in [1.54, 1.807) is 0 Å². The van der Waals surface area contributed by atoms with E-state index in [2.05, 4.69) is 40.8 Å². The molecule has 3 unspecified atom stereocenters. The van der Waals surface area contributed by atoms with Crippen LogP contribution in [0.4, 0.5) is 0 Å². The molecule has 0 aliphatic carbocycles. The predicted molar refractivity (Wildman–Crippen MR) is 108 cm³/mol. The number of hydrogen-bond donors (Lipinski definition) is 0. The van der Waals surface area contributed by atoms with Crippen molar-refractivity contribution < 1.29 is 18.8 Å². The second-order valence-corrected chi connectivity index (χ2v) is 11.0. The van der Waals surface area contributed by atoms with Crippen molar-refractivity contribution in [2.24, 2.45) is 5.41 Å². The summed E-state index contributed by atoms with van der Waals surface area (Å²) < 4.78 is 11.7. The highest BCUT2D eigenvalue weighted by molar-refractivity contribution is 6.48. The molecule has 152 valence electrons. The van der Waals surface area contributed by atoms with Gasteiger partial charge in [0.2, 0.25) is 5.91 Å². The van der Waals surface area contributed by atoms with Crippen molar-refractivity contribution in [3.05, 3.63) is 0 Å². The lowest BCUT2D eigenvalue weighted by Crippen LogP contribution is -2.55. The van der Waals surface area contributed by atoms with Crippen molar-refractivity contribution in [1.82, 2.24) is 4.90 Å². The first-order valence-corrected chi connectivity index (χ1v) is 13.0. The van der Waals surface area contributed by atoms with Gasteiger partial charge in [0.25, 0.3) is 0 Å². The Morgan fingerprint density at radius 1 is 1.27 bits per heavy atom. The fraction of sp³-hybridized carbons (Fsp3) is 0.900. The van der Waals surface area contributed by atoms with E-state index in [-0.39, 0.29) is 29.4 Å². The van der Waals surface area contributed by atoms with Gasteiger partial charge in [0.05, 0.1) is 18.8 Å². The standard InChI is InChI=1S/C20H39NO4Si/c1-8-10-11-12-16(19(23)24-9-2)21-15(13-14-17(21)22)18(20(3,4)5)25-26(6)7/h15-16,18,26H,8-14H2,1-7H3. The lowest BCUT2D eigenvalue weighted by Gasteiger charge is -2.42. The highest BCUT2D eigenvalue weighted by Gasteiger charge is 2.47. The maximum absolute atomic E-state index is 12.8. The van der Waals surface area contributed by atoms with Gasteiger partial charge in [-0.15, -0.1) is 0 Å². The molecule has 0 radical (unpaired) electrons. The number of carbonyl (C=O) groups is 2. The normalized spacial score (nSPS) is 20.5. The number of carbonyl (C=O) groups excluding carboxylic acids is 2. The van der Waals surface area contributed by atoms with Gasteiger partial charge in [-0.2, -0.15) is 0 Å². The lowest BCUT2D eigenvalue weighted by molar-refractivity contribution is -0.157. The molecule has 1 rings (SSSR count). The highest BCUT2D eigenvalue weighted by Crippen LogP contribution is 2.36. The third-order valence-corrected chi connectivity index (χ3v) is 5.73. The minimum atomic E-state index is -1.28. The van der Waals surface area contributed by atoms with Crippen molar-refractivity contribution in [2.75, 3.05) is 6.61 Å². The Labute approximate surface area is 161 Å². The third-order valence-electron chi connectivity index (χ3n) is 4.90. The van der Waals surface area contributed by atoms with Crippen molar-refractivity contribution >= 4 is 20.9 Å². The van der Waals surface area contributed by atoms with Crippen LogP contribution in [0.5, 0.6) is 0 Å². The molecule has 0 saturated carbocycles. The van der Waals surface area contributed by atoms with E-state index >= 15 is 0 Å². The largest absolute Gasteiger partial charge is 0.464 e. The van der Waals surface area contributed by atoms with Gasteiger partial charge in [0.1, 0.15) is 6.04 Å². The summed E-state index contributed by atoms with van der Waals surface area (Å²) in [6.45, 7) is 15.1. The van der Waals surface area contributed by atoms with Crippen LogP contribution in [0.2, 0.25) is 13.1 Å². The molecule has 1 aliphatic heterocycles. The Bertz CT molecular complexity index is 461. The molecule has 0 N–H and O–H groups in total. The van der Waals surface area contributed by atoms with Crippen LogP contribution in [0.3, 0.4) is 0 Å². The first-order valence-electron chi connectivity index (χ1n) is 10.3. The number of esters is 1. The van der Waals surface area contributed by atoms with E-state index in [9.17, 15) is 9.59 Å². The summed E-state index contributed by atoms with van der Waals surface area (Å²) in [5, 5.41) is 0. The zero-order chi connectivity index (χ0) is 19.9. The first-order chi connectivity index (χ1) is 12.1. The summed E-state index contributed by atoms with van der Waals surface area (Å²) in [7, 11) is -1.28. The maximum Gasteiger partial charge on any atom is 0.328 e. The molecule has 1 aliphatic rings. The monoisotopic (exact) mass is 385 g/mol. The van der Waals surface area contributed by atoms with Crippen LogP contribution in [-0.2, 0) is 18.8 Å². The van der Waals surface area contributed by atoms with Gasteiger partial charge < -0.3 is 14.1 Å². The van der Waals surface area contributed by atoms with Gasteiger partial charge in [0, 0.05) is 6.42 Å². The van der Waals surface area contributed by atoms with E-state index in [1.807, 2.05) is 11.8 Å². The molecule has 26 heavy (non-hydrogen) atoms. The lowest BCUT2D eigenvalue weighted by atomic mass is 9.83. The van der Waals surface area contributed by atoms with Crippen molar-refractivity contribution in [3.63, 3.8) is 0 Å². The van der Waals surface area contributed by atoms with E-state index in [1.165, 1.54) is 0 Å². The third kappa shape index (κ3) is 6.37. The molecule has 0 aromatic rings. The minimum absolute atomic E-state index is 0.0477. The molecule has 0 aromatic carbocycles. The Hall–Kier alpha value is -0.883. The molecule has 1 amide bonds. The summed E-state index contributed by atoms with van der Waals surface area (Å²) in [6, 6.07) is -0.530. The van der Waals surface area contributed by atoms with Gasteiger partial charge in [-0.3, -0.25) is 4.79 Å². The van der Waals surface area contributed by atoms with Crippen molar-refractivity contribution in [3.8, 4) is 0 Å². The quantitative estimate of drug-likeness (QED) is 0.325. The molecule has 0 spiro atoms. The first kappa shape index (κ1) is 23.2. The SMILES string of the molecule is CCCCCC(C(=O)OCC)N1C(=O)CCC1C(O[SiH](C)C)C(C)(C)C. The minimum Gasteiger partial charge on any atom is -0.464 e. The zero-order valence-electron chi connectivity index (χ0n) is 17.8. The Morgan fingerprint density at radius 2 is 1.92 bits per heavy atom. The summed E-state index contributed by atoms with van der Waals surface area (Å²) in [4.78, 5) is 27.2. The Morgan fingerprint density at radius 3 is 2.42 bits per heavy atom. The number of ether oxygens (including phenoxy) is 1. The fourth-order valence-corrected chi connectivity index (χ4v) is 4.96. The van der Waals surface area contributed by atoms with Gasteiger partial charge in [-0.05, 0) is 38.3 Å². The number of nitrogens with zero attached hydrogens (tertiary/aromatic N) is 1. The summed E-state index contributed by atoms with van der Waals surface area (Å²) in [6.07, 6.45) is 4.93. The maximum atomic E-state index is 12.8. The fourth-order valence-electron chi connectivity index (χ4n) is 3.79. The van der Waals surface area contributed by atoms with Crippen molar-refractivity contribution in [2.45, 2.75) is 104 Å². The van der Waals surface area contributed by atoms with Crippen LogP contribution in [-0.4, -0.2) is 50.6 Å². The van der Waals surface area contributed by atoms with Crippen molar-refractivity contribution in [1.29, 1.82) is 0 Å². The van der Waals surface area contributed by atoms with Gasteiger partial charge in [-0.1, -0.05) is 47.0 Å². The molecular formula is C20H39NO4Si. The molecule has 1 heterocycles. The number of unbranched alkanes of at least 4 members (excludes halogenated alkanes) is 2. The number of likely N-dealkylation sites (tertiary alicyclic amines) is 1. The smallest absolute Gasteiger partial charge is 0.328 e. The average Bonchev–Trinajstić information content (AvgIpc) is 2.89. The van der Waals surface area contributed by atoms with Crippen LogP contribution in [0.1, 0.15) is 73.1 Å². The molecule has 1 fully saturated rings. The molecule has 0 bridgehead atoms. The summed E-state index contributed by atoms with van der Waals surface area (Å²) in [5.74, 6) is -0.203. The predicted octanol–water partition coefficient (Wildman–Crippen LogP) is 3.90. The zero-order valence-corrected chi connectivity index (χ0v) is 19.0. The molecule has 5 nitrogen and oxygen atoms in total. The Balaban J connectivity index is 3.13. The van der Waals surface area contributed by atoms with Gasteiger partial charge in [0.15, 0.2) is 9.04 Å². The average molecular weight is 386 g/mol. The summed E-state index contributed by atoms with van der Waals surface area (Å²) >= 11 is 0. The highest BCUT2D eigenvalue weighted by atomic mass is 28.3. The summed E-state index contributed by atoms with van der Waals surface area (Å²) in [5.41, 5.74) is -0.0898. The molecule has 0 aromatic heterocycles. The van der Waals surface area contributed by atoms with Crippen LogP contribution in [0.25, 0.3) is 0 Å². The van der Waals surface area contributed by atoms with Crippen LogP contribution in [0, 0.1) is 5.41 Å². The van der Waals surface area contributed by atoms with E-state index in [0.717, 1.165) is 25.7 Å². The Kier molecular flexibility index (Phi) is 9.31. The van der Waals surface area contributed by atoms with Gasteiger partial charge >= 0.3 is 5.97 Å². The van der Waals surface area contributed by atoms with Crippen LogP contribution in [0.15, 0.2) is 0 Å². The second kappa shape index (κ2) is 10.5. The van der Waals surface area contributed by atoms with Gasteiger partial charge in [-0.25, -0.2) is 4.79 Å². The second-order valence-electron chi connectivity index (χ2n) is 8.64. The number of hydrogen-bond acceptors (Lipinski definition) is 4. The van der Waals surface area contributed by atoms with Crippen LogP contribution < -0.4 is 0 Å². The molecule has 1 saturated heterocycles. The molecule has 3 atom stereocenters. The van der Waals surface area contributed by atoms with E-state index in [4.69, 9.17) is 9.16 Å². The topological polar surface area (TPSA) is 55.8 Å². The van der Waals surface area contributed by atoms with E-state index < -0.39 is 15.1 Å². The van der Waals surface area contributed by atoms with Crippen LogP contribution >= 0.6 is 0 Å². The number of rotatable bonds is 10. The molecular weight excluding hydrogens is 346 g/mol.